The summed E-state index contributed by atoms with van der Waals surface area (Å²) in [6, 6.07) is 5.35. The average Bonchev–Trinajstić information content (AvgIpc) is 2.50. The molecule has 1 heterocycles. The van der Waals surface area contributed by atoms with E-state index in [1.54, 1.807) is 36.9 Å². The molecule has 0 spiro atoms. The molecule has 126 valence electrons. The van der Waals surface area contributed by atoms with Gasteiger partial charge in [0, 0.05) is 21.7 Å². The average molecular weight is 406 g/mol. The van der Waals surface area contributed by atoms with Crippen LogP contribution in [-0.4, -0.2) is 36.0 Å². The molecule has 1 aromatic carbocycles. The number of benzene rings is 1. The van der Waals surface area contributed by atoms with Gasteiger partial charge in [-0.15, -0.1) is 11.8 Å². The van der Waals surface area contributed by atoms with Crippen LogP contribution in [0.5, 0.6) is 5.75 Å². The van der Waals surface area contributed by atoms with Crippen LogP contribution in [0.1, 0.15) is 18.9 Å². The van der Waals surface area contributed by atoms with Crippen molar-refractivity contribution in [3.05, 3.63) is 34.3 Å². The first kappa shape index (κ1) is 18.3. The van der Waals surface area contributed by atoms with Gasteiger partial charge in [0.25, 0.3) is 6.43 Å². The van der Waals surface area contributed by atoms with E-state index in [0.717, 1.165) is 0 Å². The Morgan fingerprint density at radius 1 is 1.48 bits per heavy atom. The highest BCUT2D eigenvalue weighted by Crippen LogP contribution is 2.35. The Bertz CT molecular complexity index is 610. The van der Waals surface area contributed by atoms with E-state index < -0.39 is 13.0 Å². The summed E-state index contributed by atoms with van der Waals surface area (Å²) < 4.78 is 31.9. The molecule has 1 aliphatic rings. The summed E-state index contributed by atoms with van der Waals surface area (Å²) in [6.07, 6.45) is 1.75. The summed E-state index contributed by atoms with van der Waals surface area (Å²) in [5.41, 5.74) is 1.24. The SMILES string of the molecule is CSCOc1ccc(C2=CCC(C)C(=O)N2CC(F)F)c(Br)c1. The van der Waals surface area contributed by atoms with Crippen LogP contribution in [-0.2, 0) is 4.79 Å². The van der Waals surface area contributed by atoms with Gasteiger partial charge in [0.1, 0.15) is 11.7 Å². The molecule has 3 nitrogen and oxygen atoms in total. The zero-order chi connectivity index (χ0) is 17.0. The summed E-state index contributed by atoms with van der Waals surface area (Å²) in [6.45, 7) is 1.16. The Morgan fingerprint density at radius 3 is 2.83 bits per heavy atom. The minimum Gasteiger partial charge on any atom is -0.483 e. The molecule has 2 rings (SSSR count). The Kier molecular flexibility index (Phi) is 6.47. The Hall–Kier alpha value is -1.08. The minimum absolute atomic E-state index is 0.266. The second-order valence-electron chi connectivity index (χ2n) is 5.26. The van der Waals surface area contributed by atoms with E-state index >= 15 is 0 Å². The van der Waals surface area contributed by atoms with Gasteiger partial charge >= 0.3 is 0 Å². The molecule has 1 aromatic rings. The Labute approximate surface area is 147 Å². The van der Waals surface area contributed by atoms with Crippen molar-refractivity contribution in [1.29, 1.82) is 0 Å². The lowest BCUT2D eigenvalue weighted by Gasteiger charge is -2.32. The van der Waals surface area contributed by atoms with E-state index in [0.29, 0.717) is 33.8 Å². The number of halogens is 3. The quantitative estimate of drug-likeness (QED) is 0.646. The van der Waals surface area contributed by atoms with Gasteiger partial charge < -0.3 is 9.64 Å². The third-order valence-electron chi connectivity index (χ3n) is 3.52. The summed E-state index contributed by atoms with van der Waals surface area (Å²) in [5.74, 6) is 0.673. The highest BCUT2D eigenvalue weighted by molar-refractivity contribution is 9.10. The lowest BCUT2D eigenvalue weighted by molar-refractivity contribution is -0.133. The van der Waals surface area contributed by atoms with Crippen LogP contribution >= 0.6 is 27.7 Å². The van der Waals surface area contributed by atoms with E-state index in [-0.39, 0.29) is 11.8 Å². The summed E-state index contributed by atoms with van der Waals surface area (Å²) in [7, 11) is 0. The first-order valence-corrected chi connectivity index (χ1v) is 9.34. The molecule has 0 saturated carbocycles. The van der Waals surface area contributed by atoms with Crippen LogP contribution in [0.15, 0.2) is 28.7 Å². The highest BCUT2D eigenvalue weighted by Gasteiger charge is 2.30. The molecule has 0 radical (unpaired) electrons. The first-order chi connectivity index (χ1) is 10.9. The van der Waals surface area contributed by atoms with Crippen molar-refractivity contribution in [3.8, 4) is 5.75 Å². The maximum Gasteiger partial charge on any atom is 0.256 e. The van der Waals surface area contributed by atoms with Crippen molar-refractivity contribution in [2.75, 3.05) is 18.7 Å². The number of thioether (sulfide) groups is 1. The molecular formula is C16H18BrF2NO2S. The van der Waals surface area contributed by atoms with E-state index in [4.69, 9.17) is 4.74 Å². The zero-order valence-electron chi connectivity index (χ0n) is 12.9. The van der Waals surface area contributed by atoms with E-state index in [2.05, 4.69) is 15.9 Å². The largest absolute Gasteiger partial charge is 0.483 e. The predicted octanol–water partition coefficient (Wildman–Crippen LogP) is 4.62. The molecule has 1 atom stereocenters. The van der Waals surface area contributed by atoms with Crippen LogP contribution in [0.25, 0.3) is 5.70 Å². The summed E-state index contributed by atoms with van der Waals surface area (Å²) in [5, 5.41) is 0. The normalized spacial score (nSPS) is 18.3. The van der Waals surface area contributed by atoms with Crippen molar-refractivity contribution in [2.24, 2.45) is 5.92 Å². The van der Waals surface area contributed by atoms with Crippen molar-refractivity contribution in [1.82, 2.24) is 4.90 Å². The molecule has 1 unspecified atom stereocenters. The molecule has 0 aliphatic carbocycles. The minimum atomic E-state index is -2.57. The molecule has 0 fully saturated rings. The van der Waals surface area contributed by atoms with E-state index in [1.165, 1.54) is 4.90 Å². The molecular weight excluding hydrogens is 388 g/mol. The number of carbonyl (C=O) groups is 1. The van der Waals surface area contributed by atoms with Crippen LogP contribution in [0.4, 0.5) is 8.78 Å². The monoisotopic (exact) mass is 405 g/mol. The Morgan fingerprint density at radius 2 is 2.22 bits per heavy atom. The molecule has 0 aromatic heterocycles. The number of hydrogen-bond acceptors (Lipinski definition) is 3. The van der Waals surface area contributed by atoms with Crippen LogP contribution in [0.3, 0.4) is 0 Å². The summed E-state index contributed by atoms with van der Waals surface area (Å²) in [4.78, 5) is 13.5. The topological polar surface area (TPSA) is 29.5 Å². The number of alkyl halides is 2. The smallest absolute Gasteiger partial charge is 0.256 e. The van der Waals surface area contributed by atoms with Crippen molar-refractivity contribution < 1.29 is 18.3 Å². The third-order valence-corrected chi connectivity index (χ3v) is 4.53. The van der Waals surface area contributed by atoms with Crippen LogP contribution < -0.4 is 4.74 Å². The zero-order valence-corrected chi connectivity index (χ0v) is 15.3. The second kappa shape index (κ2) is 8.15. The van der Waals surface area contributed by atoms with E-state index in [9.17, 15) is 13.6 Å². The third kappa shape index (κ3) is 4.47. The van der Waals surface area contributed by atoms with Crippen molar-refractivity contribution in [2.45, 2.75) is 19.8 Å². The van der Waals surface area contributed by atoms with Crippen LogP contribution in [0.2, 0.25) is 0 Å². The first-order valence-electron chi connectivity index (χ1n) is 7.15. The van der Waals surface area contributed by atoms with Crippen molar-refractivity contribution in [3.63, 3.8) is 0 Å². The molecule has 0 saturated heterocycles. The van der Waals surface area contributed by atoms with Crippen molar-refractivity contribution >= 4 is 39.3 Å². The van der Waals surface area contributed by atoms with Gasteiger partial charge in [-0.2, -0.15) is 0 Å². The standard InChI is InChI=1S/C16H18BrF2NO2S/c1-10-3-6-14(20(16(10)21)8-15(18)19)12-5-4-11(7-13(12)17)22-9-23-2/h4-7,10,15H,3,8-9H2,1-2H3. The molecule has 7 heteroatoms. The van der Waals surface area contributed by atoms with Gasteiger partial charge in [0.15, 0.2) is 0 Å². The number of amides is 1. The lowest BCUT2D eigenvalue weighted by atomic mass is 9.97. The van der Waals surface area contributed by atoms with Gasteiger partial charge in [-0.3, -0.25) is 4.79 Å². The number of ether oxygens (including phenoxy) is 1. The fourth-order valence-electron chi connectivity index (χ4n) is 2.39. The van der Waals surface area contributed by atoms with Gasteiger partial charge in [0.2, 0.25) is 5.91 Å². The highest BCUT2D eigenvalue weighted by atomic mass is 79.9. The van der Waals surface area contributed by atoms with Gasteiger partial charge in [-0.05, 0) is 46.8 Å². The molecule has 0 bridgehead atoms. The Balaban J connectivity index is 2.32. The van der Waals surface area contributed by atoms with Crippen LogP contribution in [0, 0.1) is 5.92 Å². The van der Waals surface area contributed by atoms with E-state index in [1.807, 2.05) is 12.3 Å². The van der Waals surface area contributed by atoms with Gasteiger partial charge in [-0.25, -0.2) is 8.78 Å². The van der Waals surface area contributed by atoms with Gasteiger partial charge in [-0.1, -0.05) is 13.0 Å². The number of rotatable bonds is 6. The maximum atomic E-state index is 12.9. The number of nitrogens with zero attached hydrogens (tertiary/aromatic N) is 1. The second-order valence-corrected chi connectivity index (χ2v) is 6.93. The fourth-order valence-corrected chi connectivity index (χ4v) is 3.20. The lowest BCUT2D eigenvalue weighted by Crippen LogP contribution is -2.39. The maximum absolute atomic E-state index is 12.9. The number of allylic oxidation sites excluding steroid dienone is 1. The fraction of sp³-hybridized carbons (Fsp3) is 0.438. The predicted molar refractivity (Wildman–Crippen MR) is 92.6 cm³/mol. The summed E-state index contributed by atoms with van der Waals surface area (Å²) >= 11 is 5.01. The molecule has 1 amide bonds. The molecule has 23 heavy (non-hydrogen) atoms. The molecule has 1 aliphatic heterocycles. The van der Waals surface area contributed by atoms with Gasteiger partial charge in [0.05, 0.1) is 6.54 Å². The molecule has 0 N–H and O–H groups in total. The number of hydrogen-bond donors (Lipinski definition) is 0. The number of carbonyl (C=O) groups excluding carboxylic acids is 1.